The van der Waals surface area contributed by atoms with Crippen LogP contribution in [0.2, 0.25) is 0 Å². The third-order valence-corrected chi connectivity index (χ3v) is 3.76. The van der Waals surface area contributed by atoms with Crippen LogP contribution in [0.5, 0.6) is 0 Å². The van der Waals surface area contributed by atoms with Crippen molar-refractivity contribution in [3.63, 3.8) is 0 Å². The zero-order chi connectivity index (χ0) is 13.8. The minimum Gasteiger partial charge on any atom is -0.351 e. The van der Waals surface area contributed by atoms with Crippen LogP contribution < -0.4 is 5.32 Å². The quantitative estimate of drug-likeness (QED) is 0.573. The molecule has 1 N–H and O–H groups in total. The molecule has 0 fully saturated rings. The van der Waals surface area contributed by atoms with Crippen molar-refractivity contribution in [3.05, 3.63) is 32.3 Å². The second-order valence-corrected chi connectivity index (χ2v) is 6.07. The number of hydrogen-bond acceptors (Lipinski definition) is 3. The Morgan fingerprint density at radius 1 is 1.47 bits per heavy atom. The fourth-order valence-corrected chi connectivity index (χ4v) is 2.70. The van der Waals surface area contributed by atoms with Gasteiger partial charge in [0.15, 0.2) is 0 Å². The van der Waals surface area contributed by atoms with Crippen molar-refractivity contribution in [2.45, 2.75) is 13.0 Å². The summed E-state index contributed by atoms with van der Waals surface area (Å²) in [5.41, 5.74) is 0.599. The normalized spacial score (nSPS) is 10.7. The topological polar surface area (TPSA) is 64.7 Å². The van der Waals surface area contributed by atoms with Gasteiger partial charge in [0.1, 0.15) is 5.69 Å². The summed E-state index contributed by atoms with van der Waals surface area (Å²) in [6.07, 6.45) is 6.16. The van der Waals surface area contributed by atoms with E-state index in [4.69, 9.17) is 0 Å². The monoisotopic (exact) mass is 437 g/mol. The molecule has 2 heterocycles. The second-order valence-electron chi connectivity index (χ2n) is 4.00. The third-order valence-electron chi connectivity index (χ3n) is 2.56. The van der Waals surface area contributed by atoms with Crippen molar-refractivity contribution in [3.8, 4) is 0 Å². The smallest absolute Gasteiger partial charge is 0.270 e. The van der Waals surface area contributed by atoms with Crippen LogP contribution >= 0.6 is 38.5 Å². The van der Waals surface area contributed by atoms with Crippen molar-refractivity contribution in [2.75, 3.05) is 6.54 Å². The molecule has 0 unspecified atom stereocenters. The van der Waals surface area contributed by atoms with Crippen LogP contribution in [0, 0.1) is 3.57 Å². The van der Waals surface area contributed by atoms with Gasteiger partial charge in [0.05, 0.1) is 20.4 Å². The number of hydrogen-bond donors (Lipinski definition) is 1. The SMILES string of the molecule is Cn1ncc(I)c1C(=O)NCCCn1cc(Br)cn1. The minimum absolute atomic E-state index is 0.0916. The predicted molar refractivity (Wildman–Crippen MR) is 82.8 cm³/mol. The van der Waals surface area contributed by atoms with Crippen molar-refractivity contribution < 1.29 is 4.79 Å². The fraction of sp³-hybridized carbons (Fsp3) is 0.364. The molecule has 0 saturated carbocycles. The van der Waals surface area contributed by atoms with E-state index < -0.39 is 0 Å². The van der Waals surface area contributed by atoms with Gasteiger partial charge >= 0.3 is 0 Å². The molecule has 19 heavy (non-hydrogen) atoms. The molecule has 102 valence electrons. The van der Waals surface area contributed by atoms with Gasteiger partial charge in [-0.05, 0) is 44.9 Å². The zero-order valence-corrected chi connectivity index (χ0v) is 14.0. The summed E-state index contributed by atoms with van der Waals surface area (Å²) in [5, 5.41) is 11.1. The lowest BCUT2D eigenvalue weighted by Gasteiger charge is -2.06. The Bertz CT molecular complexity index is 560. The lowest BCUT2D eigenvalue weighted by Crippen LogP contribution is -2.28. The highest BCUT2D eigenvalue weighted by Crippen LogP contribution is 2.10. The molecule has 0 atom stereocenters. The van der Waals surface area contributed by atoms with Gasteiger partial charge in [-0.25, -0.2) is 0 Å². The molecule has 0 radical (unpaired) electrons. The van der Waals surface area contributed by atoms with Gasteiger partial charge in [0, 0.05) is 26.3 Å². The number of aryl methyl sites for hydroxylation is 2. The number of carbonyl (C=O) groups excluding carboxylic acids is 1. The molecular weight excluding hydrogens is 425 g/mol. The first kappa shape index (κ1) is 14.5. The molecule has 0 aliphatic rings. The predicted octanol–water partition coefficient (Wildman–Crippen LogP) is 1.80. The van der Waals surface area contributed by atoms with E-state index in [1.54, 1.807) is 24.1 Å². The Hall–Kier alpha value is -0.900. The first-order valence-corrected chi connectivity index (χ1v) is 7.59. The zero-order valence-electron chi connectivity index (χ0n) is 10.3. The van der Waals surface area contributed by atoms with Crippen LogP contribution in [0.1, 0.15) is 16.9 Å². The van der Waals surface area contributed by atoms with E-state index in [2.05, 4.69) is 54.0 Å². The summed E-state index contributed by atoms with van der Waals surface area (Å²) in [5.74, 6) is -0.0916. The molecule has 0 aliphatic carbocycles. The highest BCUT2D eigenvalue weighted by atomic mass is 127. The Kier molecular flexibility index (Phi) is 4.97. The Balaban J connectivity index is 1.78. The summed E-state index contributed by atoms with van der Waals surface area (Å²) >= 11 is 5.45. The summed E-state index contributed by atoms with van der Waals surface area (Å²) in [6, 6.07) is 0. The average molecular weight is 438 g/mol. The summed E-state index contributed by atoms with van der Waals surface area (Å²) in [6.45, 7) is 1.38. The number of nitrogens with zero attached hydrogens (tertiary/aromatic N) is 4. The molecule has 0 saturated heterocycles. The van der Waals surface area contributed by atoms with Crippen LogP contribution in [0.4, 0.5) is 0 Å². The first-order chi connectivity index (χ1) is 9.08. The molecule has 2 aromatic heterocycles. The van der Waals surface area contributed by atoms with Gasteiger partial charge in [-0.3, -0.25) is 14.2 Å². The van der Waals surface area contributed by atoms with Crippen LogP contribution in [0.3, 0.4) is 0 Å². The average Bonchev–Trinajstić information content (AvgIpc) is 2.91. The maximum atomic E-state index is 12.0. The Labute approximate surface area is 132 Å². The van der Waals surface area contributed by atoms with Gasteiger partial charge in [-0.15, -0.1) is 0 Å². The molecule has 2 rings (SSSR count). The maximum absolute atomic E-state index is 12.0. The number of halogens is 2. The largest absolute Gasteiger partial charge is 0.351 e. The maximum Gasteiger partial charge on any atom is 0.270 e. The Morgan fingerprint density at radius 3 is 2.84 bits per heavy atom. The van der Waals surface area contributed by atoms with Gasteiger partial charge in [0.25, 0.3) is 5.91 Å². The lowest BCUT2D eigenvalue weighted by molar-refractivity contribution is 0.0942. The van der Waals surface area contributed by atoms with Crippen molar-refractivity contribution in [1.29, 1.82) is 0 Å². The fourth-order valence-electron chi connectivity index (χ4n) is 1.65. The molecule has 1 amide bonds. The summed E-state index contributed by atoms with van der Waals surface area (Å²) in [4.78, 5) is 12.0. The molecular formula is C11H13BrIN5O. The highest BCUT2D eigenvalue weighted by molar-refractivity contribution is 14.1. The van der Waals surface area contributed by atoms with E-state index in [0.717, 1.165) is 21.0 Å². The van der Waals surface area contributed by atoms with Crippen LogP contribution in [0.25, 0.3) is 0 Å². The van der Waals surface area contributed by atoms with E-state index in [1.165, 1.54) is 0 Å². The third kappa shape index (κ3) is 3.78. The minimum atomic E-state index is -0.0916. The van der Waals surface area contributed by atoms with Crippen molar-refractivity contribution in [2.24, 2.45) is 7.05 Å². The van der Waals surface area contributed by atoms with E-state index in [-0.39, 0.29) is 5.91 Å². The van der Waals surface area contributed by atoms with Crippen molar-refractivity contribution in [1.82, 2.24) is 24.9 Å². The van der Waals surface area contributed by atoms with Crippen LogP contribution in [0.15, 0.2) is 23.1 Å². The molecule has 6 nitrogen and oxygen atoms in total. The van der Waals surface area contributed by atoms with Gasteiger partial charge in [0.2, 0.25) is 0 Å². The van der Waals surface area contributed by atoms with E-state index in [1.807, 2.05) is 10.9 Å². The summed E-state index contributed by atoms with van der Waals surface area (Å²) < 4.78 is 5.24. The number of carbonyl (C=O) groups is 1. The summed E-state index contributed by atoms with van der Waals surface area (Å²) in [7, 11) is 1.76. The number of nitrogens with one attached hydrogen (secondary N) is 1. The second kappa shape index (κ2) is 6.51. The molecule has 0 spiro atoms. The highest BCUT2D eigenvalue weighted by Gasteiger charge is 2.14. The van der Waals surface area contributed by atoms with E-state index in [0.29, 0.717) is 12.2 Å². The first-order valence-electron chi connectivity index (χ1n) is 5.71. The molecule has 2 aromatic rings. The number of amides is 1. The molecule has 0 bridgehead atoms. The van der Waals surface area contributed by atoms with Gasteiger partial charge in [-0.2, -0.15) is 10.2 Å². The van der Waals surface area contributed by atoms with E-state index >= 15 is 0 Å². The number of aromatic nitrogens is 4. The molecule has 0 aromatic carbocycles. The Morgan fingerprint density at radius 2 is 2.26 bits per heavy atom. The molecule has 8 heteroatoms. The van der Waals surface area contributed by atoms with Gasteiger partial charge in [-0.1, -0.05) is 0 Å². The van der Waals surface area contributed by atoms with Gasteiger partial charge < -0.3 is 5.32 Å². The van der Waals surface area contributed by atoms with Crippen LogP contribution in [-0.4, -0.2) is 32.0 Å². The number of rotatable bonds is 5. The standard InChI is InChI=1S/C11H13BrIN5O/c1-17-10(9(13)6-15-17)11(19)14-3-2-4-18-7-8(12)5-16-18/h5-7H,2-4H2,1H3,(H,14,19). The molecule has 0 aliphatic heterocycles. The van der Waals surface area contributed by atoms with Crippen LogP contribution in [-0.2, 0) is 13.6 Å². The van der Waals surface area contributed by atoms with Crippen molar-refractivity contribution >= 4 is 44.4 Å². The lowest BCUT2D eigenvalue weighted by atomic mass is 10.3. The van der Waals surface area contributed by atoms with E-state index in [9.17, 15) is 4.79 Å².